The van der Waals surface area contributed by atoms with Gasteiger partial charge in [0.15, 0.2) is 5.54 Å². The van der Waals surface area contributed by atoms with Gasteiger partial charge in [0.05, 0.1) is 6.54 Å². The zero-order chi connectivity index (χ0) is 16.6. The van der Waals surface area contributed by atoms with Gasteiger partial charge in [0, 0.05) is 39.0 Å². The predicted molar refractivity (Wildman–Crippen MR) is 82.3 cm³/mol. The number of likely N-dealkylation sites (N-methyl/N-ethyl adjacent to an activating group) is 1. The molecule has 2 aliphatic rings. The topological polar surface area (TPSA) is 58.4 Å². The summed E-state index contributed by atoms with van der Waals surface area (Å²) in [5.74, 6) is -0.315. The highest BCUT2D eigenvalue weighted by atomic mass is 19.1. The van der Waals surface area contributed by atoms with Crippen LogP contribution in [0, 0.1) is 5.92 Å². The fourth-order valence-corrected chi connectivity index (χ4v) is 3.63. The van der Waals surface area contributed by atoms with Crippen LogP contribution in [0.15, 0.2) is 18.5 Å². The van der Waals surface area contributed by atoms with Gasteiger partial charge in [0.2, 0.25) is 5.91 Å². The molecule has 1 aliphatic carbocycles. The summed E-state index contributed by atoms with van der Waals surface area (Å²) in [5.41, 5.74) is -0.861. The second kappa shape index (κ2) is 5.94. The fraction of sp³-hybridized carbons (Fsp3) is 0.688. The van der Waals surface area contributed by atoms with Crippen LogP contribution in [0.4, 0.5) is 4.39 Å². The lowest BCUT2D eigenvalue weighted by atomic mass is 9.80. The smallest absolute Gasteiger partial charge is 0.251 e. The van der Waals surface area contributed by atoms with Crippen molar-refractivity contribution in [2.24, 2.45) is 5.92 Å². The molecule has 2 heterocycles. The van der Waals surface area contributed by atoms with Gasteiger partial charge >= 0.3 is 0 Å². The molecule has 1 aliphatic heterocycles. The zero-order valence-corrected chi connectivity index (χ0v) is 13.6. The first-order valence-corrected chi connectivity index (χ1v) is 8.09. The van der Waals surface area contributed by atoms with Gasteiger partial charge in [0.25, 0.3) is 5.91 Å². The highest BCUT2D eigenvalue weighted by Gasteiger charge is 2.48. The third-order valence-corrected chi connectivity index (χ3v) is 4.96. The molecule has 1 atom stereocenters. The second-order valence-electron chi connectivity index (χ2n) is 6.81. The van der Waals surface area contributed by atoms with E-state index in [0.29, 0.717) is 32.4 Å². The number of alkyl halides is 1. The summed E-state index contributed by atoms with van der Waals surface area (Å²) in [6, 6.07) is 1.78. The van der Waals surface area contributed by atoms with E-state index >= 15 is 0 Å². The standard InChI is InChI=1S/C16H23FN4O2/c1-19(2)15(23)16(21-8-4-6-18-21)5-3-7-20(11-16)14(22)12-9-13(17)10-12/h4,6,8,12-13H,3,5,7,9-11H2,1-2H3. The number of piperidine rings is 1. The molecule has 2 amide bonds. The molecule has 1 aromatic rings. The normalized spacial score (nSPS) is 30.7. The summed E-state index contributed by atoms with van der Waals surface area (Å²) >= 11 is 0. The number of hydrogen-bond acceptors (Lipinski definition) is 3. The molecule has 6 nitrogen and oxygen atoms in total. The van der Waals surface area contributed by atoms with Crippen molar-refractivity contribution < 1.29 is 14.0 Å². The molecule has 7 heteroatoms. The molecular weight excluding hydrogens is 299 g/mol. The summed E-state index contributed by atoms with van der Waals surface area (Å²) in [6.07, 6.45) is 4.56. The van der Waals surface area contributed by atoms with Crippen LogP contribution in [0.5, 0.6) is 0 Å². The van der Waals surface area contributed by atoms with Gasteiger partial charge in [-0.3, -0.25) is 14.3 Å². The number of hydrogen-bond donors (Lipinski definition) is 0. The lowest BCUT2D eigenvalue weighted by Gasteiger charge is -2.44. The Hall–Kier alpha value is -1.92. The van der Waals surface area contributed by atoms with Crippen LogP contribution in [0.3, 0.4) is 0 Å². The van der Waals surface area contributed by atoms with Crippen LogP contribution in [-0.4, -0.2) is 64.8 Å². The first-order valence-electron chi connectivity index (χ1n) is 8.09. The lowest BCUT2D eigenvalue weighted by molar-refractivity contribution is -0.150. The lowest BCUT2D eigenvalue weighted by Crippen LogP contribution is -2.60. The van der Waals surface area contributed by atoms with Crippen molar-refractivity contribution in [3.8, 4) is 0 Å². The predicted octanol–water partition coefficient (Wildman–Crippen LogP) is 1.04. The summed E-state index contributed by atoms with van der Waals surface area (Å²) in [4.78, 5) is 28.7. The van der Waals surface area contributed by atoms with E-state index < -0.39 is 11.7 Å². The average molecular weight is 322 g/mol. The van der Waals surface area contributed by atoms with Crippen LogP contribution >= 0.6 is 0 Å². The first kappa shape index (κ1) is 16.0. The Labute approximate surface area is 135 Å². The van der Waals surface area contributed by atoms with Crippen LogP contribution in [0.2, 0.25) is 0 Å². The van der Waals surface area contributed by atoms with Gasteiger partial charge in [-0.2, -0.15) is 5.10 Å². The third kappa shape index (κ3) is 2.72. The SMILES string of the molecule is CN(C)C(=O)C1(n2cccn2)CCCN(C(=O)C2CC(F)C2)C1. The highest BCUT2D eigenvalue weighted by molar-refractivity contribution is 5.86. The molecule has 126 valence electrons. The minimum absolute atomic E-state index is 0.0262. The van der Waals surface area contributed by atoms with E-state index in [0.717, 1.165) is 6.42 Å². The molecule has 0 radical (unpaired) electrons. The van der Waals surface area contributed by atoms with E-state index in [1.165, 1.54) is 0 Å². The Kier molecular flexibility index (Phi) is 4.12. The maximum absolute atomic E-state index is 13.1. The zero-order valence-electron chi connectivity index (χ0n) is 13.6. The third-order valence-electron chi connectivity index (χ3n) is 4.96. The van der Waals surface area contributed by atoms with Crippen molar-refractivity contribution in [3.05, 3.63) is 18.5 Å². The molecule has 0 bridgehead atoms. The van der Waals surface area contributed by atoms with Crippen LogP contribution in [0.1, 0.15) is 25.7 Å². The van der Waals surface area contributed by atoms with Gasteiger partial charge in [-0.1, -0.05) is 0 Å². The molecule has 2 fully saturated rings. The van der Waals surface area contributed by atoms with E-state index in [2.05, 4.69) is 5.10 Å². The van der Waals surface area contributed by atoms with Gasteiger partial charge in [-0.15, -0.1) is 0 Å². The van der Waals surface area contributed by atoms with Crippen molar-refractivity contribution in [1.29, 1.82) is 0 Å². The van der Waals surface area contributed by atoms with Crippen LogP contribution in [0.25, 0.3) is 0 Å². The molecule has 0 N–H and O–H groups in total. The molecule has 0 spiro atoms. The Balaban J connectivity index is 1.85. The Bertz CT molecular complexity index is 583. The monoisotopic (exact) mass is 322 g/mol. The van der Waals surface area contributed by atoms with Crippen molar-refractivity contribution >= 4 is 11.8 Å². The maximum Gasteiger partial charge on any atom is 0.251 e. The first-order chi connectivity index (χ1) is 10.9. The van der Waals surface area contributed by atoms with Crippen molar-refractivity contribution in [2.45, 2.75) is 37.4 Å². The summed E-state index contributed by atoms with van der Waals surface area (Å²) in [5, 5.41) is 4.27. The van der Waals surface area contributed by atoms with Crippen molar-refractivity contribution in [1.82, 2.24) is 19.6 Å². The Morgan fingerprint density at radius 3 is 2.65 bits per heavy atom. The molecule has 3 rings (SSSR count). The van der Waals surface area contributed by atoms with Gasteiger partial charge in [-0.25, -0.2) is 4.39 Å². The number of carbonyl (C=O) groups is 2. The Morgan fingerprint density at radius 2 is 2.09 bits per heavy atom. The number of nitrogens with zero attached hydrogens (tertiary/aromatic N) is 4. The maximum atomic E-state index is 13.1. The summed E-state index contributed by atoms with van der Waals surface area (Å²) in [7, 11) is 3.43. The van der Waals surface area contributed by atoms with Crippen molar-refractivity contribution in [2.75, 3.05) is 27.2 Å². The fourth-order valence-electron chi connectivity index (χ4n) is 3.63. The molecule has 1 saturated heterocycles. The Morgan fingerprint density at radius 1 is 1.35 bits per heavy atom. The summed E-state index contributed by atoms with van der Waals surface area (Å²) < 4.78 is 14.7. The van der Waals surface area contributed by atoms with E-state index in [1.807, 2.05) is 0 Å². The number of amides is 2. The average Bonchev–Trinajstić information content (AvgIpc) is 3.05. The van der Waals surface area contributed by atoms with Gasteiger partial charge in [-0.05, 0) is 31.7 Å². The van der Waals surface area contributed by atoms with Crippen LogP contribution in [-0.2, 0) is 15.1 Å². The van der Waals surface area contributed by atoms with E-state index in [-0.39, 0.29) is 17.7 Å². The number of halogens is 1. The largest absolute Gasteiger partial charge is 0.347 e. The van der Waals surface area contributed by atoms with E-state index in [1.54, 1.807) is 47.0 Å². The molecular formula is C16H23FN4O2. The molecule has 1 saturated carbocycles. The molecule has 1 aromatic heterocycles. The second-order valence-corrected chi connectivity index (χ2v) is 6.81. The number of carbonyl (C=O) groups excluding carboxylic acids is 2. The van der Waals surface area contributed by atoms with Crippen molar-refractivity contribution in [3.63, 3.8) is 0 Å². The van der Waals surface area contributed by atoms with Crippen LogP contribution < -0.4 is 0 Å². The number of aromatic nitrogens is 2. The summed E-state index contributed by atoms with van der Waals surface area (Å²) in [6.45, 7) is 0.925. The quantitative estimate of drug-likeness (QED) is 0.835. The van der Waals surface area contributed by atoms with E-state index in [4.69, 9.17) is 0 Å². The highest BCUT2D eigenvalue weighted by Crippen LogP contribution is 2.35. The molecule has 0 aromatic carbocycles. The van der Waals surface area contributed by atoms with Gasteiger partial charge < -0.3 is 9.80 Å². The van der Waals surface area contributed by atoms with E-state index in [9.17, 15) is 14.0 Å². The number of likely N-dealkylation sites (tertiary alicyclic amines) is 1. The number of rotatable bonds is 3. The minimum Gasteiger partial charge on any atom is -0.347 e. The van der Waals surface area contributed by atoms with Gasteiger partial charge in [0.1, 0.15) is 6.17 Å². The molecule has 1 unspecified atom stereocenters. The minimum atomic E-state index is -0.861. The molecule has 23 heavy (non-hydrogen) atoms.